The Kier molecular flexibility index (Phi) is 8.11. The van der Waals surface area contributed by atoms with Crippen molar-refractivity contribution in [2.45, 2.75) is 63.8 Å². The molecule has 1 aliphatic carbocycles. The van der Waals surface area contributed by atoms with Crippen LogP contribution in [-0.2, 0) is 11.2 Å². The van der Waals surface area contributed by atoms with Gasteiger partial charge >= 0.3 is 0 Å². The molecule has 4 N–H and O–H groups in total. The molecule has 0 saturated carbocycles. The van der Waals surface area contributed by atoms with E-state index in [1.54, 1.807) is 19.2 Å². The molecule has 0 aromatic heterocycles. The summed E-state index contributed by atoms with van der Waals surface area (Å²) >= 11 is 0. The second kappa shape index (κ2) is 11.6. The van der Waals surface area contributed by atoms with Crippen LogP contribution in [0.5, 0.6) is 11.5 Å². The summed E-state index contributed by atoms with van der Waals surface area (Å²) in [6.07, 6.45) is -4.49. The third-order valence-corrected chi connectivity index (χ3v) is 7.48. The minimum Gasteiger partial charge on any atom is -0.497 e. The van der Waals surface area contributed by atoms with E-state index in [1.807, 2.05) is 37.3 Å². The Morgan fingerprint density at radius 2 is 1.70 bits per heavy atom. The summed E-state index contributed by atoms with van der Waals surface area (Å²) in [6.45, 7) is 3.52. The normalized spacial score (nSPS) is 23.0. The lowest BCUT2D eigenvalue weighted by atomic mass is 9.89. The topological polar surface area (TPSA) is 139 Å². The standard InChI is InChI=1S/C31H34O9/c1-4-5-6-17-12-22-25(14-23(17)33)39-24-13-19(38-31-30(36)29(35)28(34)26(15-32)40-31)8-10-21(24)27(22)20-9-7-18(37-3)11-16(20)2/h7-14,26,28-32,34-36H,4-6,15H2,1-3H3/t26-,28+,29+,30-,31-/m1/s1. The fraction of sp³-hybridized carbons (Fsp3) is 0.387. The molecule has 9 heteroatoms. The molecule has 3 aliphatic rings. The fourth-order valence-corrected chi connectivity index (χ4v) is 5.21. The Bertz CT molecular complexity index is 1530. The SMILES string of the molecule is CCCCc1cc2c(-c3ccc(OC)cc3C)c3ccc(O[C@@H]4O[C@H](CO)[C@H](O)[C@H](O)[C@H]4O)cc3oc-2cc1=O. The summed E-state index contributed by atoms with van der Waals surface area (Å²) in [5, 5.41) is 40.9. The Hall–Kier alpha value is -3.47. The summed E-state index contributed by atoms with van der Waals surface area (Å²) in [4.78, 5) is 12.9. The quantitative estimate of drug-likeness (QED) is 0.243. The van der Waals surface area contributed by atoms with E-state index in [1.165, 1.54) is 6.07 Å². The van der Waals surface area contributed by atoms with Crippen LogP contribution in [0.15, 0.2) is 57.7 Å². The van der Waals surface area contributed by atoms with Crippen molar-refractivity contribution in [2.75, 3.05) is 13.7 Å². The number of aliphatic hydroxyl groups excluding tert-OH is 4. The van der Waals surface area contributed by atoms with E-state index < -0.39 is 37.3 Å². The van der Waals surface area contributed by atoms with E-state index in [4.69, 9.17) is 18.6 Å². The fourth-order valence-electron chi connectivity index (χ4n) is 5.21. The van der Waals surface area contributed by atoms with Crippen LogP contribution in [-0.4, -0.2) is 64.8 Å². The minimum absolute atomic E-state index is 0.0878. The molecule has 0 amide bonds. The second-order valence-electron chi connectivity index (χ2n) is 10.2. The molecular weight excluding hydrogens is 516 g/mol. The van der Waals surface area contributed by atoms with Crippen molar-refractivity contribution in [3.05, 3.63) is 69.9 Å². The number of hydrogen-bond acceptors (Lipinski definition) is 9. The molecule has 2 aliphatic heterocycles. The van der Waals surface area contributed by atoms with Gasteiger partial charge in [0, 0.05) is 34.2 Å². The molecule has 5 rings (SSSR count). The smallest absolute Gasteiger partial charge is 0.229 e. The summed E-state index contributed by atoms with van der Waals surface area (Å²) < 4.78 is 23.0. The van der Waals surface area contributed by atoms with Gasteiger partial charge in [-0.3, -0.25) is 4.79 Å². The van der Waals surface area contributed by atoms with Crippen molar-refractivity contribution in [1.29, 1.82) is 0 Å². The van der Waals surface area contributed by atoms with Gasteiger partial charge in [0.2, 0.25) is 6.29 Å². The number of aliphatic hydroxyl groups is 4. The molecule has 5 atom stereocenters. The van der Waals surface area contributed by atoms with Crippen molar-refractivity contribution < 1.29 is 39.1 Å². The monoisotopic (exact) mass is 550 g/mol. The zero-order valence-corrected chi connectivity index (χ0v) is 22.7. The number of fused-ring (bicyclic) bond motifs is 2. The highest BCUT2D eigenvalue weighted by Gasteiger charge is 2.44. The highest BCUT2D eigenvalue weighted by molar-refractivity contribution is 6.03. The van der Waals surface area contributed by atoms with Gasteiger partial charge in [-0.15, -0.1) is 0 Å². The third kappa shape index (κ3) is 5.18. The number of unbranched alkanes of at least 4 members (excludes halogenated alkanes) is 1. The first-order valence-corrected chi connectivity index (χ1v) is 13.4. The molecule has 40 heavy (non-hydrogen) atoms. The van der Waals surface area contributed by atoms with Gasteiger partial charge in [-0.25, -0.2) is 0 Å². The molecule has 9 nitrogen and oxygen atoms in total. The predicted molar refractivity (Wildman–Crippen MR) is 149 cm³/mol. The van der Waals surface area contributed by atoms with Gasteiger partial charge in [-0.05, 0) is 61.2 Å². The Morgan fingerprint density at radius 1 is 0.925 bits per heavy atom. The maximum absolute atomic E-state index is 12.9. The third-order valence-electron chi connectivity index (χ3n) is 7.48. The summed E-state index contributed by atoms with van der Waals surface area (Å²) in [6, 6.07) is 14.4. The van der Waals surface area contributed by atoms with E-state index >= 15 is 0 Å². The van der Waals surface area contributed by atoms with Crippen molar-refractivity contribution in [3.63, 3.8) is 0 Å². The molecule has 1 fully saturated rings. The van der Waals surface area contributed by atoms with Gasteiger partial charge in [-0.1, -0.05) is 19.4 Å². The lowest BCUT2D eigenvalue weighted by Crippen LogP contribution is -2.60. The van der Waals surface area contributed by atoms with Crippen molar-refractivity contribution >= 4 is 11.0 Å². The Morgan fingerprint density at radius 3 is 2.40 bits per heavy atom. The average Bonchev–Trinajstić information content (AvgIpc) is 2.95. The highest BCUT2D eigenvalue weighted by atomic mass is 16.7. The van der Waals surface area contributed by atoms with E-state index in [0.717, 1.165) is 51.8 Å². The number of methoxy groups -OCH3 is 1. The molecule has 212 valence electrons. The van der Waals surface area contributed by atoms with Crippen LogP contribution in [0.25, 0.3) is 33.4 Å². The second-order valence-corrected chi connectivity index (χ2v) is 10.2. The van der Waals surface area contributed by atoms with Gasteiger partial charge in [-0.2, -0.15) is 0 Å². The average molecular weight is 551 g/mol. The van der Waals surface area contributed by atoms with E-state index in [9.17, 15) is 25.2 Å². The number of rotatable bonds is 8. The van der Waals surface area contributed by atoms with Crippen LogP contribution in [0.3, 0.4) is 0 Å². The lowest BCUT2D eigenvalue weighted by molar-refractivity contribution is -0.277. The zero-order valence-electron chi connectivity index (χ0n) is 22.7. The molecule has 0 spiro atoms. The van der Waals surface area contributed by atoms with Crippen molar-refractivity contribution in [3.8, 4) is 33.9 Å². The van der Waals surface area contributed by atoms with E-state index in [2.05, 4.69) is 6.92 Å². The van der Waals surface area contributed by atoms with Gasteiger partial charge in [0.1, 0.15) is 47.3 Å². The molecule has 2 heterocycles. The molecule has 0 unspecified atom stereocenters. The van der Waals surface area contributed by atoms with Crippen molar-refractivity contribution in [1.82, 2.24) is 0 Å². The van der Waals surface area contributed by atoms with Crippen LogP contribution < -0.4 is 14.9 Å². The first-order chi connectivity index (χ1) is 19.2. The maximum Gasteiger partial charge on any atom is 0.229 e. The number of hydrogen-bond donors (Lipinski definition) is 4. The van der Waals surface area contributed by atoms with Crippen LogP contribution in [0.4, 0.5) is 0 Å². The van der Waals surface area contributed by atoms with Crippen LogP contribution in [0.2, 0.25) is 0 Å². The molecule has 2 aromatic carbocycles. The zero-order chi connectivity index (χ0) is 28.6. The summed E-state index contributed by atoms with van der Waals surface area (Å²) in [5.74, 6) is 1.42. The highest BCUT2D eigenvalue weighted by Crippen LogP contribution is 2.43. The van der Waals surface area contributed by atoms with E-state index in [0.29, 0.717) is 17.8 Å². The predicted octanol–water partition coefficient (Wildman–Crippen LogP) is 3.40. The Labute approximate surface area is 231 Å². The number of ether oxygens (including phenoxy) is 3. The summed E-state index contributed by atoms with van der Waals surface area (Å²) in [5.41, 5.74) is 4.72. The van der Waals surface area contributed by atoms with Gasteiger partial charge < -0.3 is 39.1 Å². The maximum atomic E-state index is 12.9. The van der Waals surface area contributed by atoms with Gasteiger partial charge in [0.05, 0.1) is 13.7 Å². The lowest BCUT2D eigenvalue weighted by Gasteiger charge is -2.39. The van der Waals surface area contributed by atoms with Crippen LogP contribution >= 0.6 is 0 Å². The number of aryl methyl sites for hydroxylation is 2. The van der Waals surface area contributed by atoms with E-state index in [-0.39, 0.29) is 11.2 Å². The van der Waals surface area contributed by atoms with Crippen LogP contribution in [0, 0.1) is 6.92 Å². The molecule has 0 bridgehead atoms. The minimum atomic E-state index is -1.56. The van der Waals surface area contributed by atoms with Crippen molar-refractivity contribution in [2.24, 2.45) is 0 Å². The molecular formula is C31H34O9. The molecule has 1 saturated heterocycles. The molecule has 2 aromatic rings. The summed E-state index contributed by atoms with van der Waals surface area (Å²) in [7, 11) is 1.62. The molecule has 0 radical (unpaired) electrons. The van der Waals surface area contributed by atoms with Gasteiger partial charge in [0.25, 0.3) is 0 Å². The first-order valence-electron chi connectivity index (χ1n) is 13.4. The largest absolute Gasteiger partial charge is 0.497 e. The van der Waals surface area contributed by atoms with Gasteiger partial charge in [0.15, 0.2) is 5.43 Å². The first kappa shape index (κ1) is 28.1. The Balaban J connectivity index is 1.65. The van der Waals surface area contributed by atoms with Crippen LogP contribution in [0.1, 0.15) is 30.9 Å². The number of benzene rings is 3.